The van der Waals surface area contributed by atoms with Crippen LogP contribution in [0.3, 0.4) is 0 Å². The van der Waals surface area contributed by atoms with E-state index in [0.717, 1.165) is 4.31 Å². The highest BCUT2D eigenvalue weighted by molar-refractivity contribution is 7.92. The van der Waals surface area contributed by atoms with Gasteiger partial charge in [0.05, 0.1) is 10.6 Å². The molecule has 0 radical (unpaired) electrons. The second kappa shape index (κ2) is 6.62. The lowest BCUT2D eigenvalue weighted by Gasteiger charge is -2.22. The van der Waals surface area contributed by atoms with Gasteiger partial charge in [-0.3, -0.25) is 13.9 Å². The highest BCUT2D eigenvalue weighted by Gasteiger charge is 2.26. The summed E-state index contributed by atoms with van der Waals surface area (Å²) >= 11 is 0. The molecule has 1 N–H and O–H groups in total. The van der Waals surface area contributed by atoms with Crippen LogP contribution in [0.25, 0.3) is 0 Å². The van der Waals surface area contributed by atoms with Crippen molar-refractivity contribution in [2.24, 2.45) is 0 Å². The molecular weight excluding hydrogens is 318 g/mol. The lowest BCUT2D eigenvalue weighted by atomic mass is 10.1. The lowest BCUT2D eigenvalue weighted by Crippen LogP contribution is -2.35. The molecule has 120 valence electrons. The predicted octanol–water partition coefficient (Wildman–Crippen LogP) is 2.17. The maximum atomic E-state index is 12.7. The molecule has 0 saturated carbocycles. The number of benzene rings is 2. The predicted molar refractivity (Wildman–Crippen MR) is 85.1 cm³/mol. The van der Waals surface area contributed by atoms with Crippen LogP contribution in [0.4, 0.5) is 5.69 Å². The summed E-state index contributed by atoms with van der Waals surface area (Å²) in [5, 5.41) is 9.04. The molecule has 0 aromatic heterocycles. The van der Waals surface area contributed by atoms with E-state index in [1.54, 1.807) is 18.2 Å². The number of anilines is 1. The second-order valence-corrected chi connectivity index (χ2v) is 6.68. The molecule has 2 aromatic carbocycles. The molecule has 0 atom stereocenters. The molecular formula is C16H15NO5S. The van der Waals surface area contributed by atoms with Crippen molar-refractivity contribution in [1.29, 1.82) is 0 Å². The van der Waals surface area contributed by atoms with Crippen LogP contribution in [0.5, 0.6) is 0 Å². The Labute approximate surface area is 134 Å². The standard InChI is InChI=1S/C16H15NO5S/c1-12(18)13-7-9-14(10-8-13)17(11-16(19)20)23(21,22)15-5-3-2-4-6-15/h2-10H,11H2,1H3,(H,19,20). The van der Waals surface area contributed by atoms with Crippen LogP contribution in [-0.4, -0.2) is 31.8 Å². The fraction of sp³-hybridized carbons (Fsp3) is 0.125. The first-order chi connectivity index (χ1) is 10.8. The maximum absolute atomic E-state index is 12.7. The number of nitrogens with zero attached hydrogens (tertiary/aromatic N) is 1. The van der Waals surface area contributed by atoms with Crippen LogP contribution in [-0.2, 0) is 14.8 Å². The maximum Gasteiger partial charge on any atom is 0.324 e. The van der Waals surface area contributed by atoms with Crippen molar-refractivity contribution in [2.45, 2.75) is 11.8 Å². The average Bonchev–Trinajstić information content (AvgIpc) is 2.53. The number of ketones is 1. The van der Waals surface area contributed by atoms with E-state index < -0.39 is 22.5 Å². The van der Waals surface area contributed by atoms with E-state index in [1.807, 2.05) is 0 Å². The van der Waals surface area contributed by atoms with Crippen LogP contribution >= 0.6 is 0 Å². The highest BCUT2D eigenvalue weighted by Crippen LogP contribution is 2.24. The molecule has 0 fully saturated rings. The third-order valence-corrected chi connectivity index (χ3v) is 4.96. The molecule has 6 nitrogen and oxygen atoms in total. The van der Waals surface area contributed by atoms with Crippen LogP contribution in [0.1, 0.15) is 17.3 Å². The van der Waals surface area contributed by atoms with E-state index >= 15 is 0 Å². The first kappa shape index (κ1) is 16.7. The second-order valence-electron chi connectivity index (χ2n) is 4.82. The Morgan fingerprint density at radius 3 is 2.04 bits per heavy atom. The van der Waals surface area contributed by atoms with Gasteiger partial charge in [0.1, 0.15) is 6.54 Å². The lowest BCUT2D eigenvalue weighted by molar-refractivity contribution is -0.135. The van der Waals surface area contributed by atoms with Crippen molar-refractivity contribution in [3.63, 3.8) is 0 Å². The molecule has 0 heterocycles. The molecule has 23 heavy (non-hydrogen) atoms. The third kappa shape index (κ3) is 3.75. The van der Waals surface area contributed by atoms with Gasteiger partial charge in [0.2, 0.25) is 0 Å². The summed E-state index contributed by atoms with van der Waals surface area (Å²) in [4.78, 5) is 22.4. The molecule has 0 aliphatic heterocycles. The van der Waals surface area contributed by atoms with Crippen LogP contribution < -0.4 is 4.31 Å². The number of carbonyl (C=O) groups is 2. The molecule has 0 spiro atoms. The number of carboxylic acid groups (broad SMARTS) is 1. The minimum Gasteiger partial charge on any atom is -0.480 e. The molecule has 7 heteroatoms. The molecule has 2 rings (SSSR count). The van der Waals surface area contributed by atoms with Crippen molar-refractivity contribution in [1.82, 2.24) is 0 Å². The molecule has 0 unspecified atom stereocenters. The van der Waals surface area contributed by atoms with Gasteiger partial charge in [-0.25, -0.2) is 8.42 Å². The quantitative estimate of drug-likeness (QED) is 0.818. The first-order valence-electron chi connectivity index (χ1n) is 6.73. The van der Waals surface area contributed by atoms with E-state index in [-0.39, 0.29) is 16.4 Å². The van der Waals surface area contributed by atoms with Crippen molar-refractivity contribution in [2.75, 3.05) is 10.8 Å². The third-order valence-electron chi connectivity index (χ3n) is 3.17. The molecule has 0 aliphatic rings. The van der Waals surface area contributed by atoms with Gasteiger partial charge in [-0.15, -0.1) is 0 Å². The van der Waals surface area contributed by atoms with E-state index in [2.05, 4.69) is 0 Å². The highest BCUT2D eigenvalue weighted by atomic mass is 32.2. The summed E-state index contributed by atoms with van der Waals surface area (Å²) in [7, 11) is -4.01. The first-order valence-corrected chi connectivity index (χ1v) is 8.17. The zero-order chi connectivity index (χ0) is 17.0. The van der Waals surface area contributed by atoms with Crippen LogP contribution in [0, 0.1) is 0 Å². The summed E-state index contributed by atoms with van der Waals surface area (Å²) in [6, 6.07) is 13.3. The summed E-state index contributed by atoms with van der Waals surface area (Å²) in [5.41, 5.74) is 0.599. The number of sulfonamides is 1. The Kier molecular flexibility index (Phi) is 4.80. The molecule has 0 amide bonds. The van der Waals surface area contributed by atoms with E-state index in [4.69, 9.17) is 5.11 Å². The zero-order valence-electron chi connectivity index (χ0n) is 12.3. The van der Waals surface area contributed by atoms with E-state index in [0.29, 0.717) is 5.56 Å². The van der Waals surface area contributed by atoms with Crippen molar-refractivity contribution < 1.29 is 23.1 Å². The largest absolute Gasteiger partial charge is 0.480 e. The SMILES string of the molecule is CC(=O)c1ccc(N(CC(=O)O)S(=O)(=O)c2ccccc2)cc1. The minimum atomic E-state index is -4.01. The Bertz CT molecular complexity index is 813. The smallest absolute Gasteiger partial charge is 0.324 e. The van der Waals surface area contributed by atoms with Gasteiger partial charge < -0.3 is 5.11 Å². The van der Waals surface area contributed by atoms with Crippen LogP contribution in [0.2, 0.25) is 0 Å². The zero-order valence-corrected chi connectivity index (χ0v) is 13.2. The van der Waals surface area contributed by atoms with Crippen molar-refractivity contribution in [3.8, 4) is 0 Å². The van der Waals surface area contributed by atoms with Gasteiger partial charge in [-0.05, 0) is 43.3 Å². The molecule has 0 aliphatic carbocycles. The molecule has 0 saturated heterocycles. The van der Waals surface area contributed by atoms with Crippen molar-refractivity contribution >= 4 is 27.5 Å². The fourth-order valence-electron chi connectivity index (χ4n) is 2.02. The van der Waals surface area contributed by atoms with E-state index in [1.165, 1.54) is 43.3 Å². The van der Waals surface area contributed by atoms with Gasteiger partial charge in [0.15, 0.2) is 5.78 Å². The summed E-state index contributed by atoms with van der Waals surface area (Å²) < 4.78 is 26.2. The van der Waals surface area contributed by atoms with Gasteiger partial charge in [-0.2, -0.15) is 0 Å². The van der Waals surface area contributed by atoms with Crippen molar-refractivity contribution in [3.05, 3.63) is 60.2 Å². The number of Topliss-reactive ketones (excluding diaryl/α,β-unsaturated/α-hetero) is 1. The van der Waals surface area contributed by atoms with Gasteiger partial charge in [-0.1, -0.05) is 18.2 Å². The summed E-state index contributed by atoms with van der Waals surface area (Å²) in [5.74, 6) is -1.44. The number of hydrogen-bond donors (Lipinski definition) is 1. The summed E-state index contributed by atoms with van der Waals surface area (Å²) in [6.45, 7) is 0.682. The fourth-order valence-corrected chi connectivity index (χ4v) is 3.46. The number of hydrogen-bond acceptors (Lipinski definition) is 4. The Morgan fingerprint density at radius 1 is 1.00 bits per heavy atom. The number of rotatable bonds is 6. The Morgan fingerprint density at radius 2 is 1.57 bits per heavy atom. The number of carboxylic acids is 1. The Balaban J connectivity index is 2.49. The molecule has 2 aromatic rings. The monoisotopic (exact) mass is 333 g/mol. The minimum absolute atomic E-state index is 0.00288. The van der Waals surface area contributed by atoms with Crippen LogP contribution in [0.15, 0.2) is 59.5 Å². The van der Waals surface area contributed by atoms with Gasteiger partial charge in [0.25, 0.3) is 10.0 Å². The average molecular weight is 333 g/mol. The molecule has 0 bridgehead atoms. The summed E-state index contributed by atoms with van der Waals surface area (Å²) in [6.07, 6.45) is 0. The van der Waals surface area contributed by atoms with E-state index in [9.17, 15) is 18.0 Å². The normalized spacial score (nSPS) is 11.0. The number of carbonyl (C=O) groups excluding carboxylic acids is 1. The number of aliphatic carboxylic acids is 1. The van der Waals surface area contributed by atoms with Gasteiger partial charge in [0, 0.05) is 5.56 Å². The topological polar surface area (TPSA) is 91.8 Å². The van der Waals surface area contributed by atoms with Gasteiger partial charge >= 0.3 is 5.97 Å². The Hall–Kier alpha value is -2.67.